The van der Waals surface area contributed by atoms with Gasteiger partial charge in [-0.25, -0.2) is 4.39 Å². The summed E-state index contributed by atoms with van der Waals surface area (Å²) < 4.78 is 14.1. The maximum Gasteiger partial charge on any atom is 0.254 e. The lowest BCUT2D eigenvalue weighted by Crippen LogP contribution is -2.59. The van der Waals surface area contributed by atoms with Crippen molar-refractivity contribution in [1.82, 2.24) is 15.1 Å². The van der Waals surface area contributed by atoms with Gasteiger partial charge in [0.15, 0.2) is 0 Å². The van der Waals surface area contributed by atoms with E-state index in [1.165, 1.54) is 12.1 Å². The lowest BCUT2D eigenvalue weighted by atomic mass is 9.76. The van der Waals surface area contributed by atoms with Crippen molar-refractivity contribution in [2.75, 3.05) is 13.1 Å². The number of hydrogen-bond donors (Lipinski definition) is 1. The molecule has 1 spiro atoms. The zero-order chi connectivity index (χ0) is 21.6. The summed E-state index contributed by atoms with van der Waals surface area (Å²) in [5.74, 6) is -0.747. The Labute approximate surface area is 180 Å². The number of benzene rings is 2. The highest BCUT2D eigenvalue weighted by Crippen LogP contribution is 2.44. The molecular formula is C24H24FN3O3. The molecule has 3 amide bonds. The summed E-state index contributed by atoms with van der Waals surface area (Å²) in [7, 11) is 0. The molecule has 3 aliphatic rings. The summed E-state index contributed by atoms with van der Waals surface area (Å²) in [6, 6.07) is 13.2. The van der Waals surface area contributed by atoms with E-state index in [4.69, 9.17) is 0 Å². The predicted molar refractivity (Wildman–Crippen MR) is 111 cm³/mol. The molecule has 3 aliphatic heterocycles. The van der Waals surface area contributed by atoms with Crippen LogP contribution >= 0.6 is 0 Å². The van der Waals surface area contributed by atoms with Crippen molar-refractivity contribution >= 4 is 17.7 Å². The van der Waals surface area contributed by atoms with E-state index >= 15 is 0 Å². The molecule has 31 heavy (non-hydrogen) atoms. The lowest BCUT2D eigenvalue weighted by molar-refractivity contribution is -0.139. The number of piperidine rings is 1. The Hall–Kier alpha value is -3.22. The molecule has 1 N–H and O–H groups in total. The molecule has 7 heteroatoms. The number of halogens is 1. The Bertz CT molecular complexity index is 1070. The first kappa shape index (κ1) is 19.7. The number of hydrogen-bond acceptors (Lipinski definition) is 3. The summed E-state index contributed by atoms with van der Waals surface area (Å²) >= 11 is 0. The molecule has 0 unspecified atom stereocenters. The van der Waals surface area contributed by atoms with E-state index < -0.39 is 11.6 Å². The fourth-order valence-corrected chi connectivity index (χ4v) is 5.40. The molecule has 6 nitrogen and oxygen atoms in total. The largest absolute Gasteiger partial charge is 0.348 e. The van der Waals surface area contributed by atoms with E-state index in [0.717, 1.165) is 18.4 Å². The van der Waals surface area contributed by atoms with Crippen molar-refractivity contribution in [2.45, 2.75) is 43.8 Å². The fraction of sp³-hybridized carbons (Fsp3) is 0.375. The molecule has 160 valence electrons. The van der Waals surface area contributed by atoms with E-state index in [-0.39, 0.29) is 30.1 Å². The summed E-state index contributed by atoms with van der Waals surface area (Å²) in [4.78, 5) is 41.7. The molecule has 2 aromatic carbocycles. The van der Waals surface area contributed by atoms with Gasteiger partial charge in [-0.15, -0.1) is 0 Å². The quantitative estimate of drug-likeness (QED) is 0.829. The van der Waals surface area contributed by atoms with Gasteiger partial charge < -0.3 is 15.1 Å². The first-order chi connectivity index (χ1) is 15.0. The normalized spacial score (nSPS) is 25.1. The van der Waals surface area contributed by atoms with Crippen molar-refractivity contribution in [1.29, 1.82) is 0 Å². The average Bonchev–Trinajstić information content (AvgIpc) is 3.28. The number of nitrogens with one attached hydrogen (secondary N) is 1. The monoisotopic (exact) mass is 421 g/mol. The zero-order valence-corrected chi connectivity index (χ0v) is 17.1. The summed E-state index contributed by atoms with van der Waals surface area (Å²) in [5.41, 5.74) is 1.62. The van der Waals surface area contributed by atoms with Gasteiger partial charge in [-0.2, -0.15) is 0 Å². The van der Waals surface area contributed by atoms with Crippen LogP contribution in [0.5, 0.6) is 0 Å². The van der Waals surface area contributed by atoms with Crippen LogP contribution in [-0.2, 0) is 16.1 Å². The van der Waals surface area contributed by atoms with E-state index in [2.05, 4.69) is 5.32 Å². The second-order valence-electron chi connectivity index (χ2n) is 8.67. The molecule has 0 aliphatic carbocycles. The minimum Gasteiger partial charge on any atom is -0.348 e. The van der Waals surface area contributed by atoms with Crippen molar-refractivity contribution in [3.63, 3.8) is 0 Å². The molecule has 0 aromatic heterocycles. The topological polar surface area (TPSA) is 69.7 Å². The minimum absolute atomic E-state index is 0.0383. The Kier molecular flexibility index (Phi) is 4.76. The number of rotatable bonds is 3. The van der Waals surface area contributed by atoms with Gasteiger partial charge in [0.25, 0.3) is 5.91 Å². The molecular weight excluding hydrogens is 397 g/mol. The summed E-state index contributed by atoms with van der Waals surface area (Å²) in [6.07, 6.45) is 2.47. The van der Waals surface area contributed by atoms with Crippen molar-refractivity contribution in [2.24, 2.45) is 0 Å². The second kappa shape index (κ2) is 7.48. The highest BCUT2D eigenvalue weighted by molar-refractivity contribution is 6.00. The van der Waals surface area contributed by atoms with E-state index in [0.29, 0.717) is 37.1 Å². The van der Waals surface area contributed by atoms with Crippen molar-refractivity contribution < 1.29 is 18.8 Å². The summed E-state index contributed by atoms with van der Waals surface area (Å²) in [5, 5.41) is 3.10. The third kappa shape index (κ3) is 3.38. The number of carbonyl (C=O) groups is 3. The number of nitrogens with zero attached hydrogens (tertiary/aromatic N) is 2. The molecule has 2 saturated heterocycles. The Morgan fingerprint density at radius 3 is 2.71 bits per heavy atom. The average molecular weight is 421 g/mol. The molecule has 0 radical (unpaired) electrons. The molecule has 3 heterocycles. The van der Waals surface area contributed by atoms with Crippen LogP contribution in [0.25, 0.3) is 0 Å². The van der Waals surface area contributed by atoms with E-state index in [1.807, 2.05) is 24.3 Å². The molecule has 2 atom stereocenters. The smallest absolute Gasteiger partial charge is 0.254 e. The van der Waals surface area contributed by atoms with Crippen LogP contribution in [0.1, 0.15) is 53.2 Å². The summed E-state index contributed by atoms with van der Waals surface area (Å²) in [6.45, 7) is 0.872. The van der Waals surface area contributed by atoms with Gasteiger partial charge in [0.1, 0.15) is 12.4 Å². The number of fused-ring (bicyclic) bond motifs is 1. The van der Waals surface area contributed by atoms with Gasteiger partial charge in [0.05, 0.1) is 11.6 Å². The van der Waals surface area contributed by atoms with Gasteiger partial charge in [-0.1, -0.05) is 30.3 Å². The highest BCUT2D eigenvalue weighted by atomic mass is 19.1. The molecule has 5 rings (SSSR count). The van der Waals surface area contributed by atoms with Gasteiger partial charge in [-0.3, -0.25) is 14.4 Å². The van der Waals surface area contributed by atoms with Crippen LogP contribution in [0.3, 0.4) is 0 Å². The highest BCUT2D eigenvalue weighted by Gasteiger charge is 2.51. The SMILES string of the molecule is O=C1CC[C@]2(CCCN(C(=O)CN3Cc4ccccc4C3=O)[C@@H]2c2cccc(F)c2)N1. The zero-order valence-electron chi connectivity index (χ0n) is 17.1. The number of likely N-dealkylation sites (tertiary alicyclic amines) is 1. The van der Waals surface area contributed by atoms with Crippen LogP contribution in [0, 0.1) is 5.82 Å². The third-order valence-corrected chi connectivity index (χ3v) is 6.75. The Balaban J connectivity index is 1.44. The fourth-order valence-electron chi connectivity index (χ4n) is 5.40. The Morgan fingerprint density at radius 1 is 1.13 bits per heavy atom. The molecule has 0 saturated carbocycles. The van der Waals surface area contributed by atoms with Crippen LogP contribution < -0.4 is 5.32 Å². The lowest BCUT2D eigenvalue weighted by Gasteiger charge is -2.48. The maximum absolute atomic E-state index is 14.1. The van der Waals surface area contributed by atoms with Crippen molar-refractivity contribution in [3.05, 3.63) is 71.0 Å². The van der Waals surface area contributed by atoms with Gasteiger partial charge >= 0.3 is 0 Å². The first-order valence-electron chi connectivity index (χ1n) is 10.7. The van der Waals surface area contributed by atoms with Crippen LogP contribution in [0.2, 0.25) is 0 Å². The number of amides is 3. The molecule has 0 bridgehead atoms. The minimum atomic E-state index is -0.600. The molecule has 2 fully saturated rings. The first-order valence-corrected chi connectivity index (χ1v) is 10.7. The van der Waals surface area contributed by atoms with Crippen LogP contribution in [-0.4, -0.2) is 46.1 Å². The van der Waals surface area contributed by atoms with Crippen LogP contribution in [0.15, 0.2) is 48.5 Å². The number of carbonyl (C=O) groups excluding carboxylic acids is 3. The Morgan fingerprint density at radius 2 is 1.97 bits per heavy atom. The van der Waals surface area contributed by atoms with E-state index in [9.17, 15) is 18.8 Å². The standard InChI is InChI=1S/C24H24FN3O3/c25-18-7-3-6-16(13-18)22-24(11-9-20(29)26-24)10-4-12-28(22)21(30)15-27-14-17-5-1-2-8-19(17)23(27)31/h1-3,5-8,13,22H,4,9-12,14-15H2,(H,26,29)/t22-,24+/m1/s1. The molecule has 2 aromatic rings. The maximum atomic E-state index is 14.1. The van der Waals surface area contributed by atoms with E-state index in [1.54, 1.807) is 21.9 Å². The van der Waals surface area contributed by atoms with Gasteiger partial charge in [0, 0.05) is 25.1 Å². The second-order valence-corrected chi connectivity index (χ2v) is 8.67. The van der Waals surface area contributed by atoms with Gasteiger partial charge in [0.2, 0.25) is 11.8 Å². The van der Waals surface area contributed by atoms with Crippen LogP contribution in [0.4, 0.5) is 4.39 Å². The van der Waals surface area contributed by atoms with Gasteiger partial charge in [-0.05, 0) is 48.6 Å². The third-order valence-electron chi connectivity index (χ3n) is 6.75. The predicted octanol–water partition coefficient (Wildman–Crippen LogP) is 2.79. The van der Waals surface area contributed by atoms with Crippen molar-refractivity contribution in [3.8, 4) is 0 Å².